The Labute approximate surface area is 126 Å². The average Bonchev–Trinajstić information content (AvgIpc) is 2.93. The van der Waals surface area contributed by atoms with Gasteiger partial charge in [-0.1, -0.05) is 28.1 Å². The van der Waals surface area contributed by atoms with Gasteiger partial charge in [0.05, 0.1) is 13.4 Å². The Hall–Kier alpha value is -1.59. The summed E-state index contributed by atoms with van der Waals surface area (Å²) in [5, 5.41) is 3.36. The van der Waals surface area contributed by atoms with Crippen molar-refractivity contribution in [1.82, 2.24) is 5.32 Å². The molecule has 0 bridgehead atoms. The number of hydrogen-bond donors (Lipinski definition) is 1. The quantitative estimate of drug-likeness (QED) is 0.845. The van der Waals surface area contributed by atoms with Crippen molar-refractivity contribution >= 4 is 21.9 Å². The summed E-state index contributed by atoms with van der Waals surface area (Å²) in [5.74, 6) is -0.203. The molecular weight excluding hydrogens is 322 g/mol. The van der Waals surface area contributed by atoms with Gasteiger partial charge in [-0.15, -0.1) is 0 Å². The summed E-state index contributed by atoms with van der Waals surface area (Å²) in [6.45, 7) is 2.61. The molecule has 0 aliphatic heterocycles. The normalized spacial score (nSPS) is 12.2. The lowest BCUT2D eigenvalue weighted by molar-refractivity contribution is 0.0563. The monoisotopic (exact) mass is 337 g/mol. The van der Waals surface area contributed by atoms with Gasteiger partial charge in [-0.05, 0) is 30.7 Å². The van der Waals surface area contributed by atoms with Crippen LogP contribution < -0.4 is 5.32 Å². The van der Waals surface area contributed by atoms with Gasteiger partial charge in [-0.2, -0.15) is 0 Å². The van der Waals surface area contributed by atoms with E-state index in [9.17, 15) is 4.79 Å². The molecule has 2 aromatic rings. The Morgan fingerprint density at radius 2 is 2.05 bits per heavy atom. The molecule has 0 fully saturated rings. The van der Waals surface area contributed by atoms with E-state index >= 15 is 0 Å². The van der Waals surface area contributed by atoms with E-state index < -0.39 is 5.97 Å². The Bertz CT molecular complexity index is 577. The average molecular weight is 338 g/mol. The molecule has 4 nitrogen and oxygen atoms in total. The van der Waals surface area contributed by atoms with Crippen LogP contribution in [0.3, 0.4) is 0 Å². The maximum absolute atomic E-state index is 11.5. The van der Waals surface area contributed by atoms with Crippen LogP contribution in [0.2, 0.25) is 0 Å². The van der Waals surface area contributed by atoms with E-state index in [2.05, 4.69) is 45.0 Å². The lowest BCUT2D eigenvalue weighted by Gasteiger charge is -2.14. The second kappa shape index (κ2) is 6.72. The number of esters is 1. The van der Waals surface area contributed by atoms with E-state index in [1.54, 1.807) is 6.07 Å². The summed E-state index contributed by atoms with van der Waals surface area (Å²) in [6, 6.07) is 10.1. The van der Waals surface area contributed by atoms with Gasteiger partial charge in [0.25, 0.3) is 0 Å². The maximum atomic E-state index is 11.5. The zero-order valence-electron chi connectivity index (χ0n) is 11.4. The number of methoxy groups -OCH3 is 1. The fourth-order valence-electron chi connectivity index (χ4n) is 1.88. The first-order valence-electron chi connectivity index (χ1n) is 6.25. The number of furan rings is 1. The largest absolute Gasteiger partial charge is 0.463 e. The van der Waals surface area contributed by atoms with E-state index in [-0.39, 0.29) is 11.8 Å². The van der Waals surface area contributed by atoms with Gasteiger partial charge in [-0.25, -0.2) is 4.79 Å². The molecule has 0 saturated heterocycles. The number of benzene rings is 1. The molecule has 0 aliphatic rings. The van der Waals surface area contributed by atoms with Crippen LogP contribution in [-0.4, -0.2) is 13.1 Å². The lowest BCUT2D eigenvalue weighted by Crippen LogP contribution is -2.19. The number of carbonyl (C=O) groups is 1. The second-order valence-corrected chi connectivity index (χ2v) is 5.34. The number of halogens is 1. The molecule has 1 aromatic heterocycles. The topological polar surface area (TPSA) is 51.5 Å². The predicted molar refractivity (Wildman–Crippen MR) is 79.4 cm³/mol. The number of nitrogens with one attached hydrogen (secondary N) is 1. The molecule has 0 unspecified atom stereocenters. The van der Waals surface area contributed by atoms with Crippen LogP contribution in [0, 0.1) is 0 Å². The summed E-state index contributed by atoms with van der Waals surface area (Å²) < 4.78 is 10.9. The third kappa shape index (κ3) is 3.49. The van der Waals surface area contributed by atoms with Gasteiger partial charge in [0, 0.05) is 22.6 Å². The minimum Gasteiger partial charge on any atom is -0.463 e. The highest BCUT2D eigenvalue weighted by molar-refractivity contribution is 9.10. The van der Waals surface area contributed by atoms with Crippen LogP contribution in [0.1, 0.15) is 34.6 Å². The van der Waals surface area contributed by atoms with E-state index in [1.807, 2.05) is 12.1 Å². The van der Waals surface area contributed by atoms with Gasteiger partial charge >= 0.3 is 5.97 Å². The Morgan fingerprint density at radius 1 is 1.35 bits per heavy atom. The van der Waals surface area contributed by atoms with Crippen molar-refractivity contribution in [3.8, 4) is 0 Å². The summed E-state index contributed by atoms with van der Waals surface area (Å²) in [5.41, 5.74) is 1.97. The molecule has 0 radical (unpaired) electrons. The van der Waals surface area contributed by atoms with Crippen molar-refractivity contribution in [3.05, 3.63) is 58.0 Å². The van der Waals surface area contributed by atoms with Crippen molar-refractivity contribution < 1.29 is 13.9 Å². The van der Waals surface area contributed by atoms with E-state index in [0.29, 0.717) is 6.54 Å². The fourth-order valence-corrected chi connectivity index (χ4v) is 2.14. The standard InChI is InChI=1S/C15H16BrNO3/c1-10(11-3-5-13(16)6-4-11)17-9-12-7-8-20-14(12)15(18)19-2/h3-8,10,17H,9H2,1-2H3/t10-/m0/s1. The first-order valence-corrected chi connectivity index (χ1v) is 7.04. The van der Waals surface area contributed by atoms with Crippen LogP contribution in [-0.2, 0) is 11.3 Å². The van der Waals surface area contributed by atoms with E-state index in [4.69, 9.17) is 4.42 Å². The lowest BCUT2D eigenvalue weighted by atomic mass is 10.1. The van der Waals surface area contributed by atoms with Gasteiger partial charge in [-0.3, -0.25) is 0 Å². The zero-order chi connectivity index (χ0) is 14.5. The molecule has 5 heteroatoms. The fraction of sp³-hybridized carbons (Fsp3) is 0.267. The Morgan fingerprint density at radius 3 is 2.70 bits per heavy atom. The third-order valence-corrected chi connectivity index (χ3v) is 3.61. The van der Waals surface area contributed by atoms with Gasteiger partial charge < -0.3 is 14.5 Å². The molecule has 1 atom stereocenters. The highest BCUT2D eigenvalue weighted by Crippen LogP contribution is 2.18. The SMILES string of the molecule is COC(=O)c1occc1CN[C@@H](C)c1ccc(Br)cc1. The van der Waals surface area contributed by atoms with Crippen LogP contribution in [0.5, 0.6) is 0 Å². The minimum absolute atomic E-state index is 0.170. The first-order chi connectivity index (χ1) is 9.61. The van der Waals surface area contributed by atoms with Crippen LogP contribution in [0.25, 0.3) is 0 Å². The van der Waals surface area contributed by atoms with E-state index in [1.165, 1.54) is 18.9 Å². The van der Waals surface area contributed by atoms with Crippen molar-refractivity contribution in [2.45, 2.75) is 19.5 Å². The highest BCUT2D eigenvalue weighted by Gasteiger charge is 2.16. The molecule has 0 aliphatic carbocycles. The molecular formula is C15H16BrNO3. The first kappa shape index (κ1) is 14.8. The maximum Gasteiger partial charge on any atom is 0.374 e. The summed E-state index contributed by atoms with van der Waals surface area (Å²) >= 11 is 3.41. The molecule has 106 valence electrons. The molecule has 1 aromatic carbocycles. The zero-order valence-corrected chi connectivity index (χ0v) is 12.9. The number of rotatable bonds is 5. The van der Waals surface area contributed by atoms with Crippen molar-refractivity contribution in [3.63, 3.8) is 0 Å². The summed E-state index contributed by atoms with van der Waals surface area (Å²) in [4.78, 5) is 11.5. The van der Waals surface area contributed by atoms with Crippen molar-refractivity contribution in [2.24, 2.45) is 0 Å². The second-order valence-electron chi connectivity index (χ2n) is 4.42. The van der Waals surface area contributed by atoms with Gasteiger partial charge in [0.1, 0.15) is 0 Å². The molecule has 0 spiro atoms. The van der Waals surface area contributed by atoms with Crippen LogP contribution >= 0.6 is 15.9 Å². The highest BCUT2D eigenvalue weighted by atomic mass is 79.9. The number of carbonyl (C=O) groups excluding carboxylic acids is 1. The third-order valence-electron chi connectivity index (χ3n) is 3.09. The molecule has 2 rings (SSSR count). The molecule has 0 saturated carbocycles. The van der Waals surface area contributed by atoms with E-state index in [0.717, 1.165) is 10.0 Å². The molecule has 1 heterocycles. The van der Waals surface area contributed by atoms with Crippen LogP contribution in [0.15, 0.2) is 45.5 Å². The Balaban J connectivity index is 2.00. The molecule has 20 heavy (non-hydrogen) atoms. The Kier molecular flexibility index (Phi) is 4.98. The van der Waals surface area contributed by atoms with Crippen molar-refractivity contribution in [1.29, 1.82) is 0 Å². The molecule has 1 N–H and O–H groups in total. The minimum atomic E-state index is -0.455. The number of ether oxygens (including phenoxy) is 1. The van der Waals surface area contributed by atoms with Crippen LogP contribution in [0.4, 0.5) is 0 Å². The van der Waals surface area contributed by atoms with Crippen molar-refractivity contribution in [2.75, 3.05) is 7.11 Å². The number of hydrogen-bond acceptors (Lipinski definition) is 4. The predicted octanol–water partition coefficient (Wildman–Crippen LogP) is 3.68. The molecule has 0 amide bonds. The summed E-state index contributed by atoms with van der Waals surface area (Å²) in [6.07, 6.45) is 1.49. The van der Waals surface area contributed by atoms with Gasteiger partial charge in [0.2, 0.25) is 5.76 Å². The summed E-state index contributed by atoms with van der Waals surface area (Å²) in [7, 11) is 1.34. The smallest absolute Gasteiger partial charge is 0.374 e. The van der Waals surface area contributed by atoms with Gasteiger partial charge in [0.15, 0.2) is 0 Å².